The van der Waals surface area contributed by atoms with E-state index < -0.39 is 0 Å². The van der Waals surface area contributed by atoms with Crippen LogP contribution in [0.3, 0.4) is 0 Å². The molecule has 1 aromatic rings. The molecule has 2 heteroatoms. The Bertz CT molecular complexity index is 403. The molecule has 0 aromatic heterocycles. The van der Waals surface area contributed by atoms with Gasteiger partial charge in [0.1, 0.15) is 0 Å². The van der Waals surface area contributed by atoms with Crippen LogP contribution in [0.4, 0.5) is 0 Å². The van der Waals surface area contributed by atoms with E-state index in [4.69, 9.17) is 5.26 Å². The normalized spacial score (nSPS) is 24.9. The average molecular weight is 185 g/mol. The Morgan fingerprint density at radius 1 is 1.36 bits per heavy atom. The van der Waals surface area contributed by atoms with Crippen molar-refractivity contribution in [1.82, 2.24) is 0 Å². The molecule has 1 aliphatic carbocycles. The minimum Gasteiger partial charge on any atom is -0.389 e. The number of hydrogen-bond acceptors (Lipinski definition) is 2. The minimum absolute atomic E-state index is 0.262. The molecule has 0 saturated carbocycles. The van der Waals surface area contributed by atoms with Gasteiger partial charge in [0, 0.05) is 5.92 Å². The first-order chi connectivity index (χ1) is 6.79. The molecule has 2 atom stereocenters. The van der Waals surface area contributed by atoms with Crippen LogP contribution < -0.4 is 0 Å². The average Bonchev–Trinajstić information content (AvgIpc) is 2.65. The standard InChI is InChI=1S/C12H11NO/c13-8-9-2-1-3-10(6-9)11-4-5-12(14)7-11/h1-6,11-12,14H,7H2/t11-,12-/m1/s1. The summed E-state index contributed by atoms with van der Waals surface area (Å²) in [6.07, 6.45) is 4.21. The Kier molecular flexibility index (Phi) is 2.34. The maximum atomic E-state index is 9.34. The minimum atomic E-state index is -0.328. The smallest absolute Gasteiger partial charge is 0.0991 e. The van der Waals surface area contributed by atoms with Gasteiger partial charge in [-0.3, -0.25) is 0 Å². The second-order valence-electron chi connectivity index (χ2n) is 3.53. The van der Waals surface area contributed by atoms with Crippen LogP contribution in [0.15, 0.2) is 36.4 Å². The van der Waals surface area contributed by atoms with Crippen LogP contribution in [-0.2, 0) is 0 Å². The molecule has 0 radical (unpaired) electrons. The summed E-state index contributed by atoms with van der Waals surface area (Å²) in [6.45, 7) is 0. The first-order valence-electron chi connectivity index (χ1n) is 4.66. The van der Waals surface area contributed by atoms with Crippen molar-refractivity contribution in [2.75, 3.05) is 0 Å². The van der Waals surface area contributed by atoms with Crippen molar-refractivity contribution in [2.45, 2.75) is 18.4 Å². The lowest BCUT2D eigenvalue weighted by Crippen LogP contribution is -2.00. The van der Waals surface area contributed by atoms with Crippen LogP contribution in [0.1, 0.15) is 23.5 Å². The van der Waals surface area contributed by atoms with E-state index in [2.05, 4.69) is 6.07 Å². The summed E-state index contributed by atoms with van der Waals surface area (Å²) in [5.41, 5.74) is 1.79. The second-order valence-corrected chi connectivity index (χ2v) is 3.53. The summed E-state index contributed by atoms with van der Waals surface area (Å²) < 4.78 is 0. The molecule has 1 aliphatic rings. The van der Waals surface area contributed by atoms with Crippen molar-refractivity contribution < 1.29 is 5.11 Å². The SMILES string of the molecule is N#Cc1cccc([C@@H]2C=C[C@@H](O)C2)c1. The molecule has 1 aromatic carbocycles. The molecular weight excluding hydrogens is 174 g/mol. The number of aliphatic hydroxyl groups excluding tert-OH is 1. The van der Waals surface area contributed by atoms with Gasteiger partial charge in [-0.2, -0.15) is 5.26 Å². The number of hydrogen-bond donors (Lipinski definition) is 1. The highest BCUT2D eigenvalue weighted by molar-refractivity contribution is 5.37. The molecule has 0 spiro atoms. The van der Waals surface area contributed by atoms with Crippen molar-refractivity contribution >= 4 is 0 Å². The topological polar surface area (TPSA) is 44.0 Å². The van der Waals surface area contributed by atoms with Crippen LogP contribution in [0.5, 0.6) is 0 Å². The number of nitriles is 1. The van der Waals surface area contributed by atoms with E-state index in [1.54, 1.807) is 6.07 Å². The van der Waals surface area contributed by atoms with E-state index in [1.807, 2.05) is 30.4 Å². The highest BCUT2D eigenvalue weighted by Crippen LogP contribution is 2.28. The van der Waals surface area contributed by atoms with Gasteiger partial charge < -0.3 is 5.11 Å². The number of aliphatic hydroxyl groups is 1. The van der Waals surface area contributed by atoms with E-state index in [-0.39, 0.29) is 12.0 Å². The summed E-state index contributed by atoms with van der Waals surface area (Å²) >= 11 is 0. The predicted molar refractivity (Wildman–Crippen MR) is 53.7 cm³/mol. The van der Waals surface area contributed by atoms with Crippen LogP contribution in [-0.4, -0.2) is 11.2 Å². The third-order valence-corrected chi connectivity index (χ3v) is 2.50. The Balaban J connectivity index is 2.25. The molecule has 70 valence electrons. The van der Waals surface area contributed by atoms with Gasteiger partial charge in [-0.05, 0) is 24.1 Å². The monoisotopic (exact) mass is 185 g/mol. The Morgan fingerprint density at radius 2 is 2.21 bits per heavy atom. The van der Waals surface area contributed by atoms with Gasteiger partial charge in [0.15, 0.2) is 0 Å². The van der Waals surface area contributed by atoms with Crippen LogP contribution in [0, 0.1) is 11.3 Å². The van der Waals surface area contributed by atoms with Crippen LogP contribution in [0.25, 0.3) is 0 Å². The fourth-order valence-electron chi connectivity index (χ4n) is 1.77. The maximum absolute atomic E-state index is 9.34. The zero-order valence-electron chi connectivity index (χ0n) is 7.72. The third-order valence-electron chi connectivity index (χ3n) is 2.50. The van der Waals surface area contributed by atoms with Gasteiger partial charge >= 0.3 is 0 Å². The molecule has 0 saturated heterocycles. The zero-order chi connectivity index (χ0) is 9.97. The maximum Gasteiger partial charge on any atom is 0.0991 e. The van der Waals surface area contributed by atoms with Crippen molar-refractivity contribution in [3.63, 3.8) is 0 Å². The third kappa shape index (κ3) is 1.68. The number of benzene rings is 1. The lowest BCUT2D eigenvalue weighted by molar-refractivity contribution is 0.218. The van der Waals surface area contributed by atoms with Crippen molar-refractivity contribution in [2.24, 2.45) is 0 Å². The van der Waals surface area contributed by atoms with Gasteiger partial charge in [-0.15, -0.1) is 0 Å². The number of allylic oxidation sites excluding steroid dienone is 1. The molecule has 2 rings (SSSR count). The Hall–Kier alpha value is -1.59. The zero-order valence-corrected chi connectivity index (χ0v) is 7.72. The summed E-state index contributed by atoms with van der Waals surface area (Å²) in [6, 6.07) is 9.66. The van der Waals surface area contributed by atoms with Crippen molar-refractivity contribution in [3.05, 3.63) is 47.5 Å². The Labute approximate surface area is 83.1 Å². The van der Waals surface area contributed by atoms with Gasteiger partial charge in [0.25, 0.3) is 0 Å². The molecule has 0 aliphatic heterocycles. The van der Waals surface area contributed by atoms with E-state index >= 15 is 0 Å². The van der Waals surface area contributed by atoms with E-state index in [0.29, 0.717) is 5.56 Å². The number of rotatable bonds is 1. The van der Waals surface area contributed by atoms with Gasteiger partial charge in [0.2, 0.25) is 0 Å². The molecule has 0 fully saturated rings. The molecule has 0 unspecified atom stereocenters. The van der Waals surface area contributed by atoms with E-state index in [1.165, 1.54) is 0 Å². The largest absolute Gasteiger partial charge is 0.389 e. The first kappa shape index (κ1) is 8.98. The van der Waals surface area contributed by atoms with Crippen molar-refractivity contribution in [3.8, 4) is 6.07 Å². The quantitative estimate of drug-likeness (QED) is 0.680. The summed E-state index contributed by atoms with van der Waals surface area (Å²) in [7, 11) is 0. The summed E-state index contributed by atoms with van der Waals surface area (Å²) in [5.74, 6) is 0.262. The fourth-order valence-corrected chi connectivity index (χ4v) is 1.77. The molecule has 0 heterocycles. The molecule has 14 heavy (non-hydrogen) atoms. The molecule has 1 N–H and O–H groups in total. The van der Waals surface area contributed by atoms with Crippen molar-refractivity contribution in [1.29, 1.82) is 5.26 Å². The number of nitrogens with zero attached hydrogens (tertiary/aromatic N) is 1. The van der Waals surface area contributed by atoms with Gasteiger partial charge in [-0.1, -0.05) is 24.3 Å². The Morgan fingerprint density at radius 3 is 2.86 bits per heavy atom. The van der Waals surface area contributed by atoms with E-state index in [9.17, 15) is 5.11 Å². The summed E-state index contributed by atoms with van der Waals surface area (Å²) in [4.78, 5) is 0. The molecular formula is C12H11NO. The highest BCUT2D eigenvalue weighted by atomic mass is 16.3. The van der Waals surface area contributed by atoms with E-state index in [0.717, 1.165) is 12.0 Å². The second kappa shape index (κ2) is 3.65. The van der Waals surface area contributed by atoms with Gasteiger partial charge in [0.05, 0.1) is 17.7 Å². The molecule has 0 bridgehead atoms. The van der Waals surface area contributed by atoms with Crippen LogP contribution >= 0.6 is 0 Å². The lowest BCUT2D eigenvalue weighted by atomic mass is 9.97. The lowest BCUT2D eigenvalue weighted by Gasteiger charge is -2.08. The predicted octanol–water partition coefficient (Wildman–Crippen LogP) is 1.96. The summed E-state index contributed by atoms with van der Waals surface area (Å²) in [5, 5.41) is 18.1. The molecule has 2 nitrogen and oxygen atoms in total. The first-order valence-corrected chi connectivity index (χ1v) is 4.66. The molecule has 0 amide bonds. The fraction of sp³-hybridized carbons (Fsp3) is 0.250. The van der Waals surface area contributed by atoms with Crippen LogP contribution in [0.2, 0.25) is 0 Å². The highest BCUT2D eigenvalue weighted by Gasteiger charge is 2.18. The van der Waals surface area contributed by atoms with Gasteiger partial charge in [-0.25, -0.2) is 0 Å².